The average molecular weight is 518 g/mol. The first-order chi connectivity index (χ1) is 13.3. The number of aryl methyl sites for hydroxylation is 2. The van der Waals surface area contributed by atoms with Gasteiger partial charge in [-0.05, 0) is 31.5 Å². The minimum atomic E-state index is -4.37. The van der Waals surface area contributed by atoms with Crippen molar-refractivity contribution in [3.05, 3.63) is 47.0 Å². The molecular formula is C19H22F3IN6. The normalized spacial score (nSPS) is 16.2. The van der Waals surface area contributed by atoms with Gasteiger partial charge in [0.25, 0.3) is 0 Å². The van der Waals surface area contributed by atoms with Gasteiger partial charge in [-0.1, -0.05) is 17.9 Å². The molecule has 1 atom stereocenters. The van der Waals surface area contributed by atoms with Gasteiger partial charge in [-0.15, -0.1) is 24.0 Å². The minimum absolute atomic E-state index is 0. The summed E-state index contributed by atoms with van der Waals surface area (Å²) in [6.45, 7) is 2.83. The lowest BCUT2D eigenvalue weighted by atomic mass is 10.1. The second-order valence-electron chi connectivity index (χ2n) is 6.44. The maximum Gasteiger partial charge on any atom is 0.416 e. The van der Waals surface area contributed by atoms with Crippen LogP contribution in [0.5, 0.6) is 0 Å². The number of halogens is 4. The highest BCUT2D eigenvalue weighted by atomic mass is 127. The molecule has 2 aromatic rings. The Labute approximate surface area is 184 Å². The molecule has 2 heterocycles. The van der Waals surface area contributed by atoms with Crippen molar-refractivity contribution in [3.63, 3.8) is 0 Å². The fourth-order valence-corrected chi connectivity index (χ4v) is 2.99. The van der Waals surface area contributed by atoms with Crippen LogP contribution in [0.1, 0.15) is 29.2 Å². The fraction of sp³-hybridized carbons (Fsp3) is 0.421. The van der Waals surface area contributed by atoms with Gasteiger partial charge in [0.2, 0.25) is 0 Å². The van der Waals surface area contributed by atoms with E-state index in [2.05, 4.69) is 37.5 Å². The predicted molar refractivity (Wildman–Crippen MR) is 115 cm³/mol. The van der Waals surface area contributed by atoms with E-state index in [1.54, 1.807) is 13.1 Å². The summed E-state index contributed by atoms with van der Waals surface area (Å²) < 4.78 is 40.1. The molecule has 10 heteroatoms. The van der Waals surface area contributed by atoms with Crippen molar-refractivity contribution in [1.82, 2.24) is 25.4 Å². The Morgan fingerprint density at radius 2 is 2.17 bits per heavy atom. The molecule has 1 aromatic carbocycles. The quantitative estimate of drug-likeness (QED) is 0.278. The van der Waals surface area contributed by atoms with Crippen molar-refractivity contribution in [2.24, 2.45) is 4.99 Å². The van der Waals surface area contributed by atoms with E-state index < -0.39 is 11.7 Å². The SMILES string of the molecule is CN=C(NCC#Cc1cccc(C(F)(F)F)c1)NC1CCc2nc(C)nn2C1.I. The molecule has 29 heavy (non-hydrogen) atoms. The van der Waals surface area contributed by atoms with Gasteiger partial charge in [0.15, 0.2) is 5.96 Å². The third kappa shape index (κ3) is 6.35. The highest BCUT2D eigenvalue weighted by molar-refractivity contribution is 14.0. The van der Waals surface area contributed by atoms with Crippen molar-refractivity contribution in [1.29, 1.82) is 0 Å². The lowest BCUT2D eigenvalue weighted by Gasteiger charge is -2.25. The van der Waals surface area contributed by atoms with E-state index in [9.17, 15) is 13.2 Å². The van der Waals surface area contributed by atoms with Crippen LogP contribution in [-0.4, -0.2) is 40.4 Å². The van der Waals surface area contributed by atoms with Crippen molar-refractivity contribution >= 4 is 29.9 Å². The molecule has 6 nitrogen and oxygen atoms in total. The molecule has 1 aliphatic heterocycles. The summed E-state index contributed by atoms with van der Waals surface area (Å²) in [6, 6.07) is 5.14. The van der Waals surface area contributed by atoms with Gasteiger partial charge in [-0.3, -0.25) is 4.99 Å². The number of hydrogen-bond acceptors (Lipinski definition) is 3. The summed E-state index contributed by atoms with van der Waals surface area (Å²) in [4.78, 5) is 8.55. The molecule has 156 valence electrons. The number of guanidine groups is 1. The van der Waals surface area contributed by atoms with Crippen molar-refractivity contribution in [2.75, 3.05) is 13.6 Å². The Bertz CT molecular complexity index is 926. The molecule has 1 aromatic heterocycles. The molecular weight excluding hydrogens is 496 g/mol. The van der Waals surface area contributed by atoms with E-state index in [0.717, 1.165) is 36.6 Å². The first-order valence-electron chi connectivity index (χ1n) is 8.89. The molecule has 0 aliphatic carbocycles. The first kappa shape index (κ1) is 23.0. The highest BCUT2D eigenvalue weighted by Crippen LogP contribution is 2.29. The van der Waals surface area contributed by atoms with E-state index in [1.165, 1.54) is 6.07 Å². The summed E-state index contributed by atoms with van der Waals surface area (Å²) in [6.07, 6.45) is -2.62. The maximum absolute atomic E-state index is 12.7. The van der Waals surface area contributed by atoms with Crippen molar-refractivity contribution in [2.45, 2.75) is 38.5 Å². The van der Waals surface area contributed by atoms with Crippen LogP contribution < -0.4 is 10.6 Å². The van der Waals surface area contributed by atoms with Gasteiger partial charge in [0.05, 0.1) is 18.7 Å². The number of benzene rings is 1. The number of rotatable bonds is 2. The molecule has 3 rings (SSSR count). The van der Waals surface area contributed by atoms with E-state index in [0.29, 0.717) is 18.1 Å². The van der Waals surface area contributed by atoms with Crippen LogP contribution in [0.3, 0.4) is 0 Å². The predicted octanol–water partition coefficient (Wildman–Crippen LogP) is 2.75. The topological polar surface area (TPSA) is 67.1 Å². The third-order valence-corrected chi connectivity index (χ3v) is 4.30. The third-order valence-electron chi connectivity index (χ3n) is 4.30. The van der Waals surface area contributed by atoms with Gasteiger partial charge >= 0.3 is 6.18 Å². The van der Waals surface area contributed by atoms with E-state index in [4.69, 9.17) is 0 Å². The average Bonchev–Trinajstić information content (AvgIpc) is 3.03. The van der Waals surface area contributed by atoms with Gasteiger partial charge < -0.3 is 10.6 Å². The Morgan fingerprint density at radius 1 is 1.38 bits per heavy atom. The monoisotopic (exact) mass is 518 g/mol. The lowest BCUT2D eigenvalue weighted by molar-refractivity contribution is -0.137. The molecule has 0 saturated carbocycles. The summed E-state index contributed by atoms with van der Waals surface area (Å²) in [5, 5.41) is 10.7. The first-order valence-corrected chi connectivity index (χ1v) is 8.89. The molecule has 0 amide bonds. The second kappa shape index (κ2) is 9.96. The zero-order valence-corrected chi connectivity index (χ0v) is 18.4. The van der Waals surface area contributed by atoms with Crippen LogP contribution in [0.25, 0.3) is 0 Å². The van der Waals surface area contributed by atoms with Crippen LogP contribution in [0, 0.1) is 18.8 Å². The molecule has 0 bridgehead atoms. The number of alkyl halides is 3. The number of fused-ring (bicyclic) bond motifs is 1. The number of aromatic nitrogens is 3. The largest absolute Gasteiger partial charge is 0.416 e. The maximum atomic E-state index is 12.7. The smallest absolute Gasteiger partial charge is 0.352 e. The van der Waals surface area contributed by atoms with E-state index in [-0.39, 0.29) is 36.6 Å². The standard InChI is InChI=1S/C19H21F3N6.HI/c1-13-25-17-9-8-16(12-28(17)27-13)26-18(23-2)24-10-4-6-14-5-3-7-15(11-14)19(20,21)22;/h3,5,7,11,16H,8-10,12H2,1-2H3,(H2,23,24,26);1H. The van der Waals surface area contributed by atoms with Gasteiger partial charge in [-0.2, -0.15) is 18.3 Å². The van der Waals surface area contributed by atoms with Gasteiger partial charge in [0, 0.05) is 25.1 Å². The highest BCUT2D eigenvalue weighted by Gasteiger charge is 2.30. The van der Waals surface area contributed by atoms with Crippen LogP contribution in [0.4, 0.5) is 13.2 Å². The summed E-state index contributed by atoms with van der Waals surface area (Å²) >= 11 is 0. The molecule has 1 aliphatic rings. The zero-order valence-electron chi connectivity index (χ0n) is 16.0. The number of hydrogen-bond donors (Lipinski definition) is 2. The van der Waals surface area contributed by atoms with Crippen molar-refractivity contribution in [3.8, 4) is 11.8 Å². The summed E-state index contributed by atoms with van der Waals surface area (Å²) in [5.41, 5.74) is -0.384. The number of nitrogens with one attached hydrogen (secondary N) is 2. The summed E-state index contributed by atoms with van der Waals surface area (Å²) in [5.74, 6) is 7.91. The Morgan fingerprint density at radius 3 is 2.90 bits per heavy atom. The van der Waals surface area contributed by atoms with Crippen LogP contribution in [0.15, 0.2) is 29.3 Å². The fourth-order valence-electron chi connectivity index (χ4n) is 2.99. The Kier molecular flexibility index (Phi) is 7.89. The molecule has 2 N–H and O–H groups in total. The molecule has 1 unspecified atom stereocenters. The Balaban J connectivity index is 0.00000300. The van der Waals surface area contributed by atoms with E-state index >= 15 is 0 Å². The zero-order chi connectivity index (χ0) is 20.1. The Hall–Kier alpha value is -2.29. The van der Waals surface area contributed by atoms with Gasteiger partial charge in [-0.25, -0.2) is 9.67 Å². The number of nitrogens with zero attached hydrogens (tertiary/aromatic N) is 4. The minimum Gasteiger partial charge on any atom is -0.352 e. The van der Waals surface area contributed by atoms with Crippen LogP contribution in [0.2, 0.25) is 0 Å². The molecule has 0 radical (unpaired) electrons. The number of aliphatic imine (C=N–C) groups is 1. The van der Waals surface area contributed by atoms with Gasteiger partial charge in [0.1, 0.15) is 11.6 Å². The van der Waals surface area contributed by atoms with E-state index in [1.807, 2.05) is 11.6 Å². The van der Waals surface area contributed by atoms with Crippen molar-refractivity contribution < 1.29 is 13.2 Å². The lowest BCUT2D eigenvalue weighted by Crippen LogP contribution is -2.47. The van der Waals surface area contributed by atoms with Crippen LogP contribution in [-0.2, 0) is 19.1 Å². The molecule has 0 spiro atoms. The van der Waals surface area contributed by atoms with Crippen LogP contribution >= 0.6 is 24.0 Å². The molecule has 0 fully saturated rings. The summed E-state index contributed by atoms with van der Waals surface area (Å²) in [7, 11) is 1.66. The second-order valence-corrected chi connectivity index (χ2v) is 6.44. The molecule has 0 saturated heterocycles.